The molecule has 21 heavy (non-hydrogen) atoms. The molecule has 0 aliphatic heterocycles. The van der Waals surface area contributed by atoms with Crippen molar-refractivity contribution in [2.75, 3.05) is 0 Å². The lowest BCUT2D eigenvalue weighted by atomic mass is 10.2. The fourth-order valence-electron chi connectivity index (χ4n) is 1.80. The molecule has 4 nitrogen and oxygen atoms in total. The number of hydrogen-bond acceptors (Lipinski definition) is 4. The summed E-state index contributed by atoms with van der Waals surface area (Å²) < 4.78 is 24.4. The third-order valence-corrected chi connectivity index (χ3v) is 4.98. The van der Waals surface area contributed by atoms with Crippen molar-refractivity contribution in [2.45, 2.75) is 65.5 Å². The molecule has 1 N–H and O–H groups in total. The molecule has 1 atom stereocenters. The van der Waals surface area contributed by atoms with Gasteiger partial charge in [0.1, 0.15) is 0 Å². The van der Waals surface area contributed by atoms with E-state index in [-0.39, 0.29) is 0 Å². The summed E-state index contributed by atoms with van der Waals surface area (Å²) in [7, 11) is -3.73. The summed E-state index contributed by atoms with van der Waals surface area (Å²) in [6.45, 7) is 12.7. The van der Waals surface area contributed by atoms with Crippen molar-refractivity contribution in [1.82, 2.24) is 0 Å². The van der Waals surface area contributed by atoms with Crippen LogP contribution in [0.1, 0.15) is 58.5 Å². The molecule has 0 bridgehead atoms. The van der Waals surface area contributed by atoms with Crippen LogP contribution < -0.4 is 0 Å². The van der Waals surface area contributed by atoms with Gasteiger partial charge in [-0.15, -0.1) is 0 Å². The van der Waals surface area contributed by atoms with Crippen molar-refractivity contribution in [3.05, 3.63) is 35.4 Å². The van der Waals surface area contributed by atoms with E-state index in [4.69, 9.17) is 9.05 Å². The highest BCUT2D eigenvalue weighted by molar-refractivity contribution is 7.54. The molecule has 1 aromatic rings. The Morgan fingerprint density at radius 2 is 1.33 bits per heavy atom. The number of rotatable bonds is 4. The summed E-state index contributed by atoms with van der Waals surface area (Å²) >= 11 is 0. The molecule has 0 fully saturated rings. The monoisotopic (exact) mass is 314 g/mol. The first-order chi connectivity index (χ1) is 9.32. The molecule has 0 aliphatic carbocycles. The second kappa shape index (κ2) is 6.21. The van der Waals surface area contributed by atoms with Gasteiger partial charge >= 0.3 is 7.60 Å². The van der Waals surface area contributed by atoms with E-state index in [1.807, 2.05) is 19.1 Å². The summed E-state index contributed by atoms with van der Waals surface area (Å²) in [5.74, 6) is -1.31. The Bertz CT molecular complexity index is 489. The quantitative estimate of drug-likeness (QED) is 0.810. The van der Waals surface area contributed by atoms with E-state index in [0.717, 1.165) is 5.56 Å². The van der Waals surface area contributed by atoms with Gasteiger partial charge in [-0.3, -0.25) is 4.57 Å². The summed E-state index contributed by atoms with van der Waals surface area (Å²) in [5, 5.41) is 10.5. The zero-order chi connectivity index (χ0) is 16.5. The van der Waals surface area contributed by atoms with Gasteiger partial charge in [0.05, 0.1) is 11.2 Å². The lowest BCUT2D eigenvalue weighted by Gasteiger charge is -2.34. The molecule has 0 aliphatic rings. The van der Waals surface area contributed by atoms with Crippen LogP contribution >= 0.6 is 7.60 Å². The summed E-state index contributed by atoms with van der Waals surface area (Å²) in [6.07, 6.45) is 0. The highest BCUT2D eigenvalue weighted by atomic mass is 31.2. The van der Waals surface area contributed by atoms with E-state index in [1.165, 1.54) is 0 Å². The lowest BCUT2D eigenvalue weighted by molar-refractivity contribution is 0.0271. The van der Waals surface area contributed by atoms with Crippen LogP contribution in [0, 0.1) is 6.92 Å². The van der Waals surface area contributed by atoms with Gasteiger partial charge < -0.3 is 14.2 Å². The van der Waals surface area contributed by atoms with Crippen LogP contribution in [0.25, 0.3) is 0 Å². The van der Waals surface area contributed by atoms with E-state index < -0.39 is 24.6 Å². The van der Waals surface area contributed by atoms with Gasteiger partial charge in [-0.1, -0.05) is 29.8 Å². The van der Waals surface area contributed by atoms with Gasteiger partial charge in [0.15, 0.2) is 5.85 Å². The largest absolute Gasteiger partial charge is 0.376 e. The number of aliphatic hydroxyl groups is 1. The molecule has 5 heteroatoms. The minimum Gasteiger partial charge on any atom is -0.376 e. The first kappa shape index (κ1) is 18.4. The molecule has 120 valence electrons. The molecule has 1 rings (SSSR count). The van der Waals surface area contributed by atoms with Crippen molar-refractivity contribution >= 4 is 7.60 Å². The number of hydrogen-bond donors (Lipinski definition) is 1. The topological polar surface area (TPSA) is 55.8 Å². The Balaban J connectivity index is 3.16. The van der Waals surface area contributed by atoms with Gasteiger partial charge in [-0.05, 0) is 54.0 Å². The summed E-state index contributed by atoms with van der Waals surface area (Å²) in [4.78, 5) is 0. The summed E-state index contributed by atoms with van der Waals surface area (Å²) in [6, 6.07) is 7.20. The molecule has 1 aromatic carbocycles. The van der Waals surface area contributed by atoms with Gasteiger partial charge in [-0.25, -0.2) is 0 Å². The van der Waals surface area contributed by atoms with E-state index in [9.17, 15) is 9.67 Å². The van der Waals surface area contributed by atoms with Crippen molar-refractivity contribution < 1.29 is 18.7 Å². The van der Waals surface area contributed by atoms with Crippen molar-refractivity contribution in [3.63, 3.8) is 0 Å². The fourth-order valence-corrected chi connectivity index (χ4v) is 4.10. The number of benzene rings is 1. The third kappa shape index (κ3) is 5.91. The number of aryl methyl sites for hydroxylation is 1. The van der Waals surface area contributed by atoms with Crippen LogP contribution in [-0.2, 0) is 13.6 Å². The Kier molecular flexibility index (Phi) is 5.44. The Hall–Kier alpha value is -0.670. The zero-order valence-corrected chi connectivity index (χ0v) is 14.9. The SMILES string of the molecule is Cc1ccc(C(O)P(=O)(OC(C)(C)C)OC(C)(C)C)cc1. The van der Waals surface area contributed by atoms with Gasteiger partial charge in [-0.2, -0.15) is 0 Å². The molecular formula is C16H27O4P. The molecule has 0 heterocycles. The van der Waals surface area contributed by atoms with Crippen molar-refractivity contribution in [2.24, 2.45) is 0 Å². The van der Waals surface area contributed by atoms with Crippen LogP contribution in [0.5, 0.6) is 0 Å². The Morgan fingerprint density at radius 1 is 0.952 bits per heavy atom. The van der Waals surface area contributed by atoms with Crippen molar-refractivity contribution in [1.29, 1.82) is 0 Å². The zero-order valence-electron chi connectivity index (χ0n) is 14.0. The van der Waals surface area contributed by atoms with Crippen LogP contribution in [0.2, 0.25) is 0 Å². The maximum Gasteiger partial charge on any atom is 0.364 e. The van der Waals surface area contributed by atoms with Crippen molar-refractivity contribution in [3.8, 4) is 0 Å². The molecular weight excluding hydrogens is 287 g/mol. The third-order valence-electron chi connectivity index (χ3n) is 2.48. The van der Waals surface area contributed by atoms with E-state index in [0.29, 0.717) is 5.56 Å². The first-order valence-corrected chi connectivity index (χ1v) is 8.69. The minimum absolute atomic E-state index is 0.525. The maximum atomic E-state index is 13.1. The minimum atomic E-state index is -3.73. The molecule has 0 saturated carbocycles. The van der Waals surface area contributed by atoms with Gasteiger partial charge in [0, 0.05) is 0 Å². The smallest absolute Gasteiger partial charge is 0.364 e. The summed E-state index contributed by atoms with van der Waals surface area (Å²) in [5.41, 5.74) is 0.213. The van der Waals surface area contributed by atoms with E-state index >= 15 is 0 Å². The second-order valence-electron chi connectivity index (χ2n) is 7.23. The second-order valence-corrected chi connectivity index (χ2v) is 9.17. The average molecular weight is 314 g/mol. The normalized spacial score (nSPS) is 15.0. The van der Waals surface area contributed by atoms with Gasteiger partial charge in [0.25, 0.3) is 0 Å². The molecule has 1 unspecified atom stereocenters. The Morgan fingerprint density at radius 3 is 1.67 bits per heavy atom. The van der Waals surface area contributed by atoms with E-state index in [1.54, 1.807) is 53.7 Å². The highest BCUT2D eigenvalue weighted by Crippen LogP contribution is 2.63. The lowest BCUT2D eigenvalue weighted by Crippen LogP contribution is -2.26. The number of aliphatic hydroxyl groups excluding tert-OH is 1. The maximum absolute atomic E-state index is 13.1. The van der Waals surface area contributed by atoms with E-state index in [2.05, 4.69) is 0 Å². The predicted octanol–water partition coefficient (Wildman–Crippen LogP) is 4.81. The standard InChI is InChI=1S/C16H27O4P/c1-12-8-10-13(11-9-12)14(17)21(18,19-15(2,3)4)20-16(5,6)7/h8-11,14,17H,1-7H3. The fraction of sp³-hybridized carbons (Fsp3) is 0.625. The molecule has 0 aromatic heterocycles. The molecule has 0 amide bonds. The van der Waals surface area contributed by atoms with Gasteiger partial charge in [0.2, 0.25) is 0 Å². The molecule has 0 radical (unpaired) electrons. The highest BCUT2D eigenvalue weighted by Gasteiger charge is 2.42. The first-order valence-electron chi connectivity index (χ1n) is 7.08. The van der Waals surface area contributed by atoms with Crippen LogP contribution in [0.15, 0.2) is 24.3 Å². The van der Waals surface area contributed by atoms with Crippen LogP contribution in [0.4, 0.5) is 0 Å². The Labute approximate surface area is 128 Å². The van der Waals surface area contributed by atoms with Crippen LogP contribution in [0.3, 0.4) is 0 Å². The molecule has 0 saturated heterocycles. The predicted molar refractivity (Wildman–Crippen MR) is 85.4 cm³/mol. The van der Waals surface area contributed by atoms with Crippen LogP contribution in [-0.4, -0.2) is 16.3 Å². The average Bonchev–Trinajstić information content (AvgIpc) is 2.23. The molecule has 0 spiro atoms.